The molecule has 0 aliphatic rings. The summed E-state index contributed by atoms with van der Waals surface area (Å²) in [5, 5.41) is 0. The third-order valence-electron chi connectivity index (χ3n) is 1.00. The van der Waals surface area contributed by atoms with Crippen molar-refractivity contribution >= 4 is 13.5 Å². The lowest BCUT2D eigenvalue weighted by atomic mass is 10.8. The average Bonchev–Trinajstić information content (AvgIpc) is 1.85. The first kappa shape index (κ1) is 11.6. The molecule has 1 amide bonds. The SMILES string of the molecule is CCOP(=O)(CC(N)=O)OCC. The van der Waals surface area contributed by atoms with Gasteiger partial charge in [0.2, 0.25) is 5.91 Å². The van der Waals surface area contributed by atoms with Gasteiger partial charge in [-0.3, -0.25) is 9.36 Å². The molecule has 0 bridgehead atoms. The van der Waals surface area contributed by atoms with Crippen molar-refractivity contribution in [3.63, 3.8) is 0 Å². The zero-order valence-corrected chi connectivity index (χ0v) is 8.17. The minimum Gasteiger partial charge on any atom is -0.369 e. The molecule has 6 heteroatoms. The molecule has 0 heterocycles. The predicted octanol–water partition coefficient (Wildman–Crippen LogP) is 0.738. The molecular formula is C6H14NO4P. The molecule has 0 saturated carbocycles. The number of nitrogens with two attached hydrogens (primary N) is 1. The highest BCUT2D eigenvalue weighted by molar-refractivity contribution is 7.54. The molecule has 0 spiro atoms. The number of hydrogen-bond acceptors (Lipinski definition) is 4. The van der Waals surface area contributed by atoms with Crippen LogP contribution in [0.15, 0.2) is 0 Å². The van der Waals surface area contributed by atoms with Gasteiger partial charge in [0.15, 0.2) is 0 Å². The summed E-state index contributed by atoms with van der Waals surface area (Å²) in [6.07, 6.45) is -0.353. The van der Waals surface area contributed by atoms with Gasteiger partial charge in [0, 0.05) is 0 Å². The van der Waals surface area contributed by atoms with Gasteiger partial charge in [-0.25, -0.2) is 0 Å². The van der Waals surface area contributed by atoms with Crippen LogP contribution in [0.4, 0.5) is 0 Å². The van der Waals surface area contributed by atoms with E-state index < -0.39 is 13.5 Å². The Kier molecular flexibility index (Phi) is 5.13. The van der Waals surface area contributed by atoms with Gasteiger partial charge in [0.1, 0.15) is 6.16 Å². The monoisotopic (exact) mass is 195 g/mol. The molecule has 12 heavy (non-hydrogen) atoms. The van der Waals surface area contributed by atoms with E-state index >= 15 is 0 Å². The van der Waals surface area contributed by atoms with Gasteiger partial charge in [0.25, 0.3) is 0 Å². The summed E-state index contributed by atoms with van der Waals surface area (Å²) >= 11 is 0. The van der Waals surface area contributed by atoms with Crippen molar-refractivity contribution in [2.24, 2.45) is 5.73 Å². The molecule has 0 saturated heterocycles. The Bertz CT molecular complexity index is 184. The minimum atomic E-state index is -3.25. The van der Waals surface area contributed by atoms with Crippen molar-refractivity contribution < 1.29 is 18.4 Å². The molecule has 0 fully saturated rings. The molecule has 0 aromatic heterocycles. The third-order valence-corrected chi connectivity index (χ3v) is 3.00. The van der Waals surface area contributed by atoms with E-state index in [2.05, 4.69) is 0 Å². The molecule has 0 aliphatic heterocycles. The van der Waals surface area contributed by atoms with Crippen LogP contribution in [-0.2, 0) is 18.4 Å². The summed E-state index contributed by atoms with van der Waals surface area (Å²) in [4.78, 5) is 10.5. The largest absolute Gasteiger partial charge is 0.369 e. The van der Waals surface area contributed by atoms with Gasteiger partial charge < -0.3 is 14.8 Å². The molecule has 0 atom stereocenters. The van der Waals surface area contributed by atoms with Gasteiger partial charge >= 0.3 is 7.60 Å². The van der Waals surface area contributed by atoms with Crippen LogP contribution in [0.1, 0.15) is 13.8 Å². The van der Waals surface area contributed by atoms with Gasteiger partial charge in [-0.2, -0.15) is 0 Å². The summed E-state index contributed by atoms with van der Waals surface area (Å²) in [6.45, 7) is 3.83. The number of carbonyl (C=O) groups excluding carboxylic acids is 1. The molecule has 2 N–H and O–H groups in total. The number of rotatable bonds is 6. The van der Waals surface area contributed by atoms with Crippen LogP contribution >= 0.6 is 7.60 Å². The Morgan fingerprint density at radius 2 is 1.75 bits per heavy atom. The van der Waals surface area contributed by atoms with Crippen LogP contribution in [0.5, 0.6) is 0 Å². The fourth-order valence-corrected chi connectivity index (χ4v) is 2.14. The first-order valence-corrected chi connectivity index (χ1v) is 5.43. The second-order valence-electron chi connectivity index (χ2n) is 2.07. The molecule has 0 aromatic carbocycles. The van der Waals surface area contributed by atoms with E-state index in [-0.39, 0.29) is 19.4 Å². The molecule has 0 rings (SSSR count). The fraction of sp³-hybridized carbons (Fsp3) is 0.833. The lowest BCUT2D eigenvalue weighted by molar-refractivity contribution is -0.115. The summed E-state index contributed by atoms with van der Waals surface area (Å²) in [5.74, 6) is -0.680. The van der Waals surface area contributed by atoms with Gasteiger partial charge in [0.05, 0.1) is 13.2 Å². The van der Waals surface area contributed by atoms with Crippen LogP contribution in [-0.4, -0.2) is 25.3 Å². The van der Waals surface area contributed by atoms with E-state index in [0.717, 1.165) is 0 Å². The smallest absolute Gasteiger partial charge is 0.339 e. The van der Waals surface area contributed by atoms with Gasteiger partial charge in [-0.05, 0) is 13.8 Å². The Hall–Kier alpha value is -0.380. The van der Waals surface area contributed by atoms with E-state index in [4.69, 9.17) is 14.8 Å². The number of carbonyl (C=O) groups is 1. The van der Waals surface area contributed by atoms with Crippen LogP contribution in [0.2, 0.25) is 0 Å². The summed E-state index contributed by atoms with van der Waals surface area (Å²) < 4.78 is 21.1. The van der Waals surface area contributed by atoms with Crippen LogP contribution in [0, 0.1) is 0 Å². The van der Waals surface area contributed by atoms with Crippen LogP contribution in [0.25, 0.3) is 0 Å². The van der Waals surface area contributed by atoms with Crippen LogP contribution < -0.4 is 5.73 Å². The average molecular weight is 195 g/mol. The molecule has 5 nitrogen and oxygen atoms in total. The minimum absolute atomic E-state index is 0.241. The standard InChI is InChI=1S/C6H14NO4P/c1-3-10-12(9,11-4-2)5-6(7)8/h3-5H2,1-2H3,(H2,7,8). The zero-order chi connectivity index (χ0) is 9.61. The third kappa shape index (κ3) is 4.49. The van der Waals surface area contributed by atoms with Crippen molar-refractivity contribution in [1.29, 1.82) is 0 Å². The lowest BCUT2D eigenvalue weighted by Crippen LogP contribution is -2.18. The number of amides is 1. The first-order valence-electron chi connectivity index (χ1n) is 3.70. The molecule has 72 valence electrons. The number of hydrogen-bond donors (Lipinski definition) is 1. The molecule has 0 aromatic rings. The predicted molar refractivity (Wildman–Crippen MR) is 44.9 cm³/mol. The summed E-state index contributed by atoms with van der Waals surface area (Å²) in [7, 11) is -3.25. The molecule has 0 radical (unpaired) electrons. The van der Waals surface area contributed by atoms with Gasteiger partial charge in [-0.1, -0.05) is 0 Å². The number of primary amides is 1. The van der Waals surface area contributed by atoms with Crippen molar-refractivity contribution in [3.8, 4) is 0 Å². The second-order valence-corrected chi connectivity index (χ2v) is 4.13. The van der Waals surface area contributed by atoms with E-state index in [9.17, 15) is 9.36 Å². The molecule has 0 unspecified atom stereocenters. The Balaban J connectivity index is 4.18. The van der Waals surface area contributed by atoms with E-state index in [0.29, 0.717) is 0 Å². The molecular weight excluding hydrogens is 181 g/mol. The highest BCUT2D eigenvalue weighted by atomic mass is 31.2. The van der Waals surface area contributed by atoms with Crippen molar-refractivity contribution in [1.82, 2.24) is 0 Å². The maximum absolute atomic E-state index is 11.5. The quantitative estimate of drug-likeness (QED) is 0.634. The Morgan fingerprint density at radius 3 is 2.00 bits per heavy atom. The van der Waals surface area contributed by atoms with Gasteiger partial charge in [-0.15, -0.1) is 0 Å². The lowest BCUT2D eigenvalue weighted by Gasteiger charge is -2.14. The maximum Gasteiger partial charge on any atom is 0.339 e. The fourth-order valence-electron chi connectivity index (χ4n) is 0.713. The van der Waals surface area contributed by atoms with E-state index in [1.165, 1.54) is 0 Å². The van der Waals surface area contributed by atoms with Crippen molar-refractivity contribution in [2.45, 2.75) is 13.8 Å². The highest BCUT2D eigenvalue weighted by Gasteiger charge is 2.25. The van der Waals surface area contributed by atoms with E-state index in [1.54, 1.807) is 13.8 Å². The topological polar surface area (TPSA) is 78.6 Å². The summed E-state index contributed by atoms with van der Waals surface area (Å²) in [5.41, 5.74) is 4.87. The Morgan fingerprint density at radius 1 is 1.33 bits per heavy atom. The molecule has 0 aliphatic carbocycles. The van der Waals surface area contributed by atoms with Crippen molar-refractivity contribution in [3.05, 3.63) is 0 Å². The highest BCUT2D eigenvalue weighted by Crippen LogP contribution is 2.47. The Labute approximate surface area is 71.8 Å². The normalized spacial score (nSPS) is 11.5. The zero-order valence-electron chi connectivity index (χ0n) is 7.28. The van der Waals surface area contributed by atoms with E-state index in [1.807, 2.05) is 0 Å². The van der Waals surface area contributed by atoms with Crippen LogP contribution in [0.3, 0.4) is 0 Å². The van der Waals surface area contributed by atoms with Crippen molar-refractivity contribution in [2.75, 3.05) is 19.4 Å². The first-order chi connectivity index (χ1) is 5.54. The summed E-state index contributed by atoms with van der Waals surface area (Å²) in [6, 6.07) is 0. The maximum atomic E-state index is 11.5. The second kappa shape index (κ2) is 5.30.